The molecule has 0 amide bonds. The van der Waals surface area contributed by atoms with E-state index in [4.69, 9.17) is 5.11 Å². The second kappa shape index (κ2) is 6.67. The van der Waals surface area contributed by atoms with Gasteiger partial charge in [0.15, 0.2) is 0 Å². The van der Waals surface area contributed by atoms with Crippen LogP contribution < -0.4 is 10.9 Å². The summed E-state index contributed by atoms with van der Waals surface area (Å²) in [5.74, 6) is -1.03. The summed E-state index contributed by atoms with van der Waals surface area (Å²) in [7, 11) is 0. The molecule has 0 radical (unpaired) electrons. The summed E-state index contributed by atoms with van der Waals surface area (Å²) in [6.07, 6.45) is 3.34. The molecule has 0 aromatic carbocycles. The molecule has 3 N–H and O–H groups in total. The van der Waals surface area contributed by atoms with Crippen LogP contribution in [0.1, 0.15) is 26.2 Å². The van der Waals surface area contributed by atoms with Crippen LogP contribution in [0.15, 0.2) is 12.3 Å². The Labute approximate surface area is 72.6 Å². The van der Waals surface area contributed by atoms with Crippen molar-refractivity contribution in [3.05, 3.63) is 12.3 Å². The number of hydrogen-bond acceptors (Lipinski definition) is 3. The highest BCUT2D eigenvalue weighted by atomic mass is 16.4. The van der Waals surface area contributed by atoms with Gasteiger partial charge in [-0.05, 0) is 6.42 Å². The molecule has 0 aromatic heterocycles. The molecule has 0 aliphatic heterocycles. The fourth-order valence-corrected chi connectivity index (χ4v) is 0.686. The number of hydrazine groups is 1. The van der Waals surface area contributed by atoms with Crippen LogP contribution in [0, 0.1) is 0 Å². The van der Waals surface area contributed by atoms with Crippen molar-refractivity contribution in [1.82, 2.24) is 10.9 Å². The highest BCUT2D eigenvalue weighted by Gasteiger charge is 2.00. The Morgan fingerprint density at radius 3 is 2.67 bits per heavy atom. The lowest BCUT2D eigenvalue weighted by atomic mass is 10.2. The first kappa shape index (κ1) is 11.0. The topological polar surface area (TPSA) is 61.4 Å². The molecule has 0 aliphatic carbocycles. The van der Waals surface area contributed by atoms with E-state index in [-0.39, 0.29) is 5.70 Å². The molecule has 0 saturated heterocycles. The molecule has 0 bridgehead atoms. The third-order valence-corrected chi connectivity index (χ3v) is 1.40. The Hall–Kier alpha value is -1.03. The van der Waals surface area contributed by atoms with Gasteiger partial charge < -0.3 is 10.5 Å². The molecule has 0 aliphatic rings. The molecule has 70 valence electrons. The molecule has 4 nitrogen and oxygen atoms in total. The lowest BCUT2D eigenvalue weighted by Gasteiger charge is -2.06. The highest BCUT2D eigenvalue weighted by molar-refractivity contribution is 5.84. The smallest absolute Gasteiger partial charge is 0.352 e. The zero-order chi connectivity index (χ0) is 9.40. The average molecular weight is 172 g/mol. The largest absolute Gasteiger partial charge is 0.477 e. The fourth-order valence-electron chi connectivity index (χ4n) is 0.686. The zero-order valence-electron chi connectivity index (χ0n) is 7.39. The van der Waals surface area contributed by atoms with Crippen molar-refractivity contribution in [2.75, 3.05) is 6.54 Å². The SMILES string of the molecule is C=C(NNCCCCC)C(=O)O. The van der Waals surface area contributed by atoms with E-state index in [1.54, 1.807) is 0 Å². The number of aliphatic carboxylic acids is 1. The van der Waals surface area contributed by atoms with E-state index < -0.39 is 5.97 Å². The van der Waals surface area contributed by atoms with E-state index in [0.29, 0.717) is 0 Å². The van der Waals surface area contributed by atoms with Gasteiger partial charge in [-0.25, -0.2) is 10.2 Å². The summed E-state index contributed by atoms with van der Waals surface area (Å²) in [4.78, 5) is 10.2. The number of carboxylic acids is 1. The summed E-state index contributed by atoms with van der Waals surface area (Å²) in [5, 5.41) is 8.38. The molecule has 4 heteroatoms. The minimum Gasteiger partial charge on any atom is -0.477 e. The van der Waals surface area contributed by atoms with Crippen LogP contribution in [0.25, 0.3) is 0 Å². The first-order valence-corrected chi connectivity index (χ1v) is 4.09. The summed E-state index contributed by atoms with van der Waals surface area (Å²) in [6.45, 7) is 6.18. The van der Waals surface area contributed by atoms with Gasteiger partial charge in [0.25, 0.3) is 0 Å². The number of nitrogens with one attached hydrogen (secondary N) is 2. The lowest BCUT2D eigenvalue weighted by molar-refractivity contribution is -0.133. The Kier molecular flexibility index (Phi) is 6.09. The van der Waals surface area contributed by atoms with E-state index >= 15 is 0 Å². The average Bonchev–Trinajstić information content (AvgIpc) is 2.03. The van der Waals surface area contributed by atoms with E-state index in [9.17, 15) is 4.79 Å². The van der Waals surface area contributed by atoms with Gasteiger partial charge >= 0.3 is 5.97 Å². The van der Waals surface area contributed by atoms with Crippen LogP contribution in [0.4, 0.5) is 0 Å². The summed E-state index contributed by atoms with van der Waals surface area (Å²) >= 11 is 0. The van der Waals surface area contributed by atoms with Crippen molar-refractivity contribution >= 4 is 5.97 Å². The normalized spacial score (nSPS) is 9.42. The van der Waals surface area contributed by atoms with E-state index in [2.05, 4.69) is 24.4 Å². The van der Waals surface area contributed by atoms with Crippen LogP contribution in [0.5, 0.6) is 0 Å². The predicted octanol–water partition coefficient (Wildman–Crippen LogP) is 0.869. The van der Waals surface area contributed by atoms with Crippen molar-refractivity contribution in [1.29, 1.82) is 0 Å². The van der Waals surface area contributed by atoms with Crippen molar-refractivity contribution in [3.8, 4) is 0 Å². The first-order chi connectivity index (χ1) is 5.68. The summed E-state index contributed by atoms with van der Waals surface area (Å²) in [6, 6.07) is 0. The van der Waals surface area contributed by atoms with Gasteiger partial charge in [0.1, 0.15) is 5.70 Å². The monoisotopic (exact) mass is 172 g/mol. The van der Waals surface area contributed by atoms with E-state index in [1.165, 1.54) is 0 Å². The summed E-state index contributed by atoms with van der Waals surface area (Å²) < 4.78 is 0. The van der Waals surface area contributed by atoms with Gasteiger partial charge in [0.2, 0.25) is 0 Å². The lowest BCUT2D eigenvalue weighted by Crippen LogP contribution is -2.34. The standard InChI is InChI=1S/C8H16N2O2/c1-3-4-5-6-9-10-7(2)8(11)12/h9-10H,2-6H2,1H3,(H,11,12). The zero-order valence-corrected chi connectivity index (χ0v) is 7.39. The van der Waals surface area contributed by atoms with Gasteiger partial charge in [-0.3, -0.25) is 0 Å². The second-order valence-electron chi connectivity index (χ2n) is 2.54. The number of carboxylic acid groups (broad SMARTS) is 1. The Balaban J connectivity index is 3.20. The van der Waals surface area contributed by atoms with Crippen LogP contribution >= 0.6 is 0 Å². The third kappa shape index (κ3) is 5.73. The van der Waals surface area contributed by atoms with Gasteiger partial charge in [0, 0.05) is 6.54 Å². The van der Waals surface area contributed by atoms with Gasteiger partial charge in [-0.2, -0.15) is 0 Å². The van der Waals surface area contributed by atoms with Crippen LogP contribution in [-0.4, -0.2) is 17.6 Å². The predicted molar refractivity (Wildman–Crippen MR) is 47.4 cm³/mol. The summed E-state index contributed by atoms with van der Waals surface area (Å²) in [5.41, 5.74) is 5.25. The Morgan fingerprint density at radius 2 is 2.17 bits per heavy atom. The molecular formula is C8H16N2O2. The number of hydrogen-bond donors (Lipinski definition) is 3. The maximum Gasteiger partial charge on any atom is 0.352 e. The molecule has 0 unspecified atom stereocenters. The van der Waals surface area contributed by atoms with Crippen molar-refractivity contribution in [2.45, 2.75) is 26.2 Å². The second-order valence-corrected chi connectivity index (χ2v) is 2.54. The minimum absolute atomic E-state index is 0.0218. The molecule has 0 fully saturated rings. The maximum atomic E-state index is 10.2. The molecule has 0 spiro atoms. The van der Waals surface area contributed by atoms with Crippen LogP contribution in [0.2, 0.25) is 0 Å². The molecular weight excluding hydrogens is 156 g/mol. The molecule has 0 atom stereocenters. The number of carbonyl (C=O) groups is 1. The van der Waals surface area contributed by atoms with Crippen LogP contribution in [0.3, 0.4) is 0 Å². The van der Waals surface area contributed by atoms with E-state index in [0.717, 1.165) is 25.8 Å². The Morgan fingerprint density at radius 1 is 1.50 bits per heavy atom. The third-order valence-electron chi connectivity index (χ3n) is 1.40. The molecule has 0 saturated carbocycles. The molecule has 0 aromatic rings. The molecule has 12 heavy (non-hydrogen) atoms. The fraction of sp³-hybridized carbons (Fsp3) is 0.625. The highest BCUT2D eigenvalue weighted by Crippen LogP contribution is 1.90. The number of rotatable bonds is 7. The van der Waals surface area contributed by atoms with Crippen molar-refractivity contribution in [2.24, 2.45) is 0 Å². The van der Waals surface area contributed by atoms with Gasteiger partial charge in [0.05, 0.1) is 0 Å². The van der Waals surface area contributed by atoms with Crippen LogP contribution in [-0.2, 0) is 4.79 Å². The molecule has 0 rings (SSSR count). The first-order valence-electron chi connectivity index (χ1n) is 4.09. The van der Waals surface area contributed by atoms with Crippen molar-refractivity contribution in [3.63, 3.8) is 0 Å². The maximum absolute atomic E-state index is 10.2. The Bertz CT molecular complexity index is 157. The van der Waals surface area contributed by atoms with Gasteiger partial charge in [-0.15, -0.1) is 0 Å². The van der Waals surface area contributed by atoms with E-state index in [1.807, 2.05) is 0 Å². The van der Waals surface area contributed by atoms with Crippen molar-refractivity contribution < 1.29 is 9.90 Å². The number of unbranched alkanes of at least 4 members (excludes halogenated alkanes) is 2. The van der Waals surface area contributed by atoms with Gasteiger partial charge in [-0.1, -0.05) is 26.3 Å². The quantitative estimate of drug-likeness (QED) is 0.303. The molecule has 0 heterocycles. The minimum atomic E-state index is -1.03.